The Morgan fingerprint density at radius 1 is 1.31 bits per heavy atom. The number of nitrogens with two attached hydrogens (primary N) is 1. The largest absolute Gasteiger partial charge is 0.385 e. The first-order valence-corrected chi connectivity index (χ1v) is 5.12. The van der Waals surface area contributed by atoms with Gasteiger partial charge in [0, 0.05) is 12.5 Å². The Bertz CT molecular complexity index is 321. The minimum absolute atomic E-state index is 0.348. The van der Waals surface area contributed by atoms with Crippen LogP contribution in [0.4, 0.5) is 0 Å². The fraction of sp³-hybridized carbons (Fsp3) is 0.200. The second-order valence-corrected chi connectivity index (χ2v) is 4.01. The maximum atomic E-state index is 5.77. The lowest BCUT2D eigenvalue weighted by Gasteiger charge is -2.22. The SMILES string of the molecule is CN1C(N)=CSC1c1ccccc1. The van der Waals surface area contributed by atoms with Crippen molar-refractivity contribution in [3.8, 4) is 0 Å². The van der Waals surface area contributed by atoms with Crippen LogP contribution in [0.3, 0.4) is 0 Å². The Morgan fingerprint density at radius 3 is 2.54 bits per heavy atom. The molecule has 1 atom stereocenters. The molecular formula is C10H12N2S. The Balaban J connectivity index is 2.22. The molecule has 0 fully saturated rings. The number of thioether (sulfide) groups is 1. The van der Waals surface area contributed by atoms with Crippen molar-refractivity contribution in [1.82, 2.24) is 4.90 Å². The van der Waals surface area contributed by atoms with Crippen molar-refractivity contribution in [3.63, 3.8) is 0 Å². The first kappa shape index (κ1) is 8.51. The summed E-state index contributed by atoms with van der Waals surface area (Å²) in [4.78, 5) is 2.08. The van der Waals surface area contributed by atoms with E-state index in [1.807, 2.05) is 18.5 Å². The molecule has 0 bridgehead atoms. The first-order valence-electron chi connectivity index (χ1n) is 4.18. The summed E-state index contributed by atoms with van der Waals surface area (Å²) < 4.78 is 0. The van der Waals surface area contributed by atoms with E-state index in [4.69, 9.17) is 5.73 Å². The molecule has 0 saturated heterocycles. The summed E-state index contributed by atoms with van der Waals surface area (Å²) in [6, 6.07) is 10.4. The molecule has 0 saturated carbocycles. The molecular weight excluding hydrogens is 180 g/mol. The summed E-state index contributed by atoms with van der Waals surface area (Å²) in [5.41, 5.74) is 7.07. The molecule has 13 heavy (non-hydrogen) atoms. The molecule has 1 aliphatic heterocycles. The van der Waals surface area contributed by atoms with Crippen LogP contribution in [0.25, 0.3) is 0 Å². The predicted molar refractivity (Wildman–Crippen MR) is 56.8 cm³/mol. The van der Waals surface area contributed by atoms with Crippen molar-refractivity contribution < 1.29 is 0 Å². The van der Waals surface area contributed by atoms with Crippen molar-refractivity contribution in [2.75, 3.05) is 7.05 Å². The fourth-order valence-corrected chi connectivity index (χ4v) is 2.42. The third-order valence-corrected chi connectivity index (χ3v) is 3.39. The molecule has 0 radical (unpaired) electrons. The van der Waals surface area contributed by atoms with Crippen molar-refractivity contribution in [1.29, 1.82) is 0 Å². The summed E-state index contributed by atoms with van der Waals surface area (Å²) in [6.45, 7) is 0. The van der Waals surface area contributed by atoms with E-state index in [-0.39, 0.29) is 0 Å². The third kappa shape index (κ3) is 1.52. The minimum atomic E-state index is 0.348. The maximum absolute atomic E-state index is 5.77. The molecule has 2 nitrogen and oxygen atoms in total. The molecule has 1 aromatic carbocycles. The molecule has 1 heterocycles. The molecule has 3 heteroatoms. The lowest BCUT2D eigenvalue weighted by molar-refractivity contribution is 0.407. The highest BCUT2D eigenvalue weighted by atomic mass is 32.2. The lowest BCUT2D eigenvalue weighted by Crippen LogP contribution is -2.21. The Hall–Kier alpha value is -1.09. The average molecular weight is 192 g/mol. The van der Waals surface area contributed by atoms with E-state index in [1.54, 1.807) is 11.8 Å². The topological polar surface area (TPSA) is 29.3 Å². The van der Waals surface area contributed by atoms with Crippen LogP contribution < -0.4 is 5.73 Å². The molecule has 1 aromatic rings. The summed E-state index contributed by atoms with van der Waals surface area (Å²) in [5, 5.41) is 2.35. The van der Waals surface area contributed by atoms with E-state index >= 15 is 0 Å². The molecule has 0 amide bonds. The molecule has 68 valence electrons. The second-order valence-electron chi connectivity index (χ2n) is 3.05. The zero-order chi connectivity index (χ0) is 9.26. The van der Waals surface area contributed by atoms with E-state index in [0.717, 1.165) is 5.82 Å². The number of benzene rings is 1. The highest BCUT2D eigenvalue weighted by molar-refractivity contribution is 8.02. The molecule has 2 N–H and O–H groups in total. The quantitative estimate of drug-likeness (QED) is 0.739. The average Bonchev–Trinajstić information content (AvgIpc) is 2.49. The van der Waals surface area contributed by atoms with Gasteiger partial charge in [-0.05, 0) is 5.56 Å². The van der Waals surface area contributed by atoms with Gasteiger partial charge in [0.2, 0.25) is 0 Å². The predicted octanol–water partition coefficient (Wildman–Crippen LogP) is 2.12. The van der Waals surface area contributed by atoms with Crippen molar-refractivity contribution in [2.24, 2.45) is 5.73 Å². The third-order valence-electron chi connectivity index (χ3n) is 2.16. The van der Waals surface area contributed by atoms with Crippen LogP contribution in [0.2, 0.25) is 0 Å². The van der Waals surface area contributed by atoms with Gasteiger partial charge in [-0.2, -0.15) is 0 Å². The molecule has 2 rings (SSSR count). The van der Waals surface area contributed by atoms with Crippen molar-refractivity contribution >= 4 is 11.8 Å². The van der Waals surface area contributed by atoms with E-state index < -0.39 is 0 Å². The molecule has 1 unspecified atom stereocenters. The number of rotatable bonds is 1. The van der Waals surface area contributed by atoms with E-state index in [1.165, 1.54) is 5.56 Å². The Morgan fingerprint density at radius 2 is 2.00 bits per heavy atom. The zero-order valence-corrected chi connectivity index (χ0v) is 8.29. The standard InChI is InChI=1S/C10H12N2S/c1-12-9(11)7-13-10(12)8-5-3-2-4-6-8/h2-7,10H,11H2,1H3. The van der Waals surface area contributed by atoms with Gasteiger partial charge in [-0.25, -0.2) is 0 Å². The van der Waals surface area contributed by atoms with Gasteiger partial charge in [-0.3, -0.25) is 0 Å². The normalized spacial score (nSPS) is 21.8. The van der Waals surface area contributed by atoms with Gasteiger partial charge in [-0.15, -0.1) is 11.8 Å². The minimum Gasteiger partial charge on any atom is -0.385 e. The van der Waals surface area contributed by atoms with Crippen LogP contribution in [0.1, 0.15) is 10.9 Å². The van der Waals surface area contributed by atoms with Gasteiger partial charge in [0.25, 0.3) is 0 Å². The first-order chi connectivity index (χ1) is 6.29. The van der Waals surface area contributed by atoms with Crippen LogP contribution in [0.5, 0.6) is 0 Å². The van der Waals surface area contributed by atoms with E-state index in [2.05, 4.69) is 29.2 Å². The van der Waals surface area contributed by atoms with E-state index in [0.29, 0.717) is 5.37 Å². The van der Waals surface area contributed by atoms with Crippen LogP contribution in [0.15, 0.2) is 41.6 Å². The lowest BCUT2D eigenvalue weighted by atomic mass is 10.2. The van der Waals surface area contributed by atoms with Gasteiger partial charge in [0.05, 0.1) is 0 Å². The highest BCUT2D eigenvalue weighted by Gasteiger charge is 2.22. The fourth-order valence-electron chi connectivity index (χ4n) is 1.36. The summed E-state index contributed by atoms with van der Waals surface area (Å²) in [5.74, 6) is 0.846. The van der Waals surface area contributed by atoms with Gasteiger partial charge in [-0.1, -0.05) is 30.3 Å². The van der Waals surface area contributed by atoms with Crippen LogP contribution in [-0.4, -0.2) is 11.9 Å². The van der Waals surface area contributed by atoms with Gasteiger partial charge in [0.1, 0.15) is 11.2 Å². The maximum Gasteiger partial charge on any atom is 0.106 e. The van der Waals surface area contributed by atoms with Crippen LogP contribution >= 0.6 is 11.8 Å². The summed E-state index contributed by atoms with van der Waals surface area (Å²) >= 11 is 1.75. The molecule has 0 spiro atoms. The summed E-state index contributed by atoms with van der Waals surface area (Å²) in [6.07, 6.45) is 0. The summed E-state index contributed by atoms with van der Waals surface area (Å²) in [7, 11) is 2.02. The van der Waals surface area contributed by atoms with Gasteiger partial charge >= 0.3 is 0 Å². The van der Waals surface area contributed by atoms with E-state index in [9.17, 15) is 0 Å². The smallest absolute Gasteiger partial charge is 0.106 e. The van der Waals surface area contributed by atoms with Gasteiger partial charge < -0.3 is 10.6 Å². The molecule has 1 aliphatic rings. The molecule has 0 aliphatic carbocycles. The second kappa shape index (κ2) is 3.34. The monoisotopic (exact) mass is 192 g/mol. The van der Waals surface area contributed by atoms with Crippen molar-refractivity contribution in [3.05, 3.63) is 47.1 Å². The Labute approximate surface area is 82.4 Å². The number of nitrogens with zero attached hydrogens (tertiary/aromatic N) is 1. The van der Waals surface area contributed by atoms with Crippen LogP contribution in [-0.2, 0) is 0 Å². The van der Waals surface area contributed by atoms with Crippen molar-refractivity contribution in [2.45, 2.75) is 5.37 Å². The number of hydrogen-bond acceptors (Lipinski definition) is 3. The number of hydrogen-bond donors (Lipinski definition) is 1. The van der Waals surface area contributed by atoms with Gasteiger partial charge in [0.15, 0.2) is 0 Å². The van der Waals surface area contributed by atoms with Crippen LogP contribution in [0, 0.1) is 0 Å². The highest BCUT2D eigenvalue weighted by Crippen LogP contribution is 2.39. The Kier molecular flexibility index (Phi) is 2.19. The zero-order valence-electron chi connectivity index (χ0n) is 7.47. The molecule has 0 aromatic heterocycles.